The molecule has 1 aliphatic rings. The molecule has 0 saturated carbocycles. The normalized spacial score (nSPS) is 40.7. The molecule has 1 aromatic carbocycles. The van der Waals surface area contributed by atoms with Crippen LogP contribution in [0.3, 0.4) is 0 Å². The van der Waals surface area contributed by atoms with Gasteiger partial charge in [-0.1, -0.05) is 11.6 Å². The first-order valence-corrected chi connectivity index (χ1v) is 8.66. The summed E-state index contributed by atoms with van der Waals surface area (Å²) < 4.78 is 11.7. The lowest BCUT2D eigenvalue weighted by atomic mass is 9.65. The fraction of sp³-hybridized carbons (Fsp3) is 0.556. The molecule has 3 rings (SSSR count). The van der Waals surface area contributed by atoms with Crippen LogP contribution in [0.25, 0.3) is 10.9 Å². The van der Waals surface area contributed by atoms with Crippen LogP contribution in [0.5, 0.6) is 5.75 Å². The molecule has 2 aromatic rings. The Morgan fingerprint density at radius 3 is 2.42 bits per heavy atom. The van der Waals surface area contributed by atoms with Crippen molar-refractivity contribution in [3.8, 4) is 5.75 Å². The minimum Gasteiger partial charge on any atom is -0.457 e. The first-order chi connectivity index (χ1) is 11.9. The first kappa shape index (κ1) is 19.4. The van der Waals surface area contributed by atoms with Crippen molar-refractivity contribution in [2.45, 2.75) is 56.4 Å². The highest BCUT2D eigenvalue weighted by Gasteiger charge is 2.71. The van der Waals surface area contributed by atoms with E-state index in [0.29, 0.717) is 16.2 Å². The molecular formula is C18H24ClNO6. The lowest BCUT2D eigenvalue weighted by Gasteiger charge is -2.61. The van der Waals surface area contributed by atoms with Gasteiger partial charge in [-0.25, -0.2) is 0 Å². The van der Waals surface area contributed by atoms with Crippen LogP contribution in [0.4, 0.5) is 0 Å². The summed E-state index contributed by atoms with van der Waals surface area (Å²) in [7, 11) is 0. The second-order valence-electron chi connectivity index (χ2n) is 7.47. The van der Waals surface area contributed by atoms with E-state index in [0.717, 1.165) is 5.52 Å². The van der Waals surface area contributed by atoms with Gasteiger partial charge in [0.25, 0.3) is 0 Å². The Hall–Kier alpha value is -1.35. The zero-order chi connectivity index (χ0) is 19.5. The van der Waals surface area contributed by atoms with Crippen molar-refractivity contribution >= 4 is 22.5 Å². The van der Waals surface area contributed by atoms with Crippen LogP contribution in [-0.2, 0) is 4.74 Å². The summed E-state index contributed by atoms with van der Waals surface area (Å²) in [6.07, 6.45) is 0.406. The van der Waals surface area contributed by atoms with E-state index in [1.807, 2.05) is 0 Å². The average molecular weight is 386 g/mol. The van der Waals surface area contributed by atoms with Crippen LogP contribution in [0.15, 0.2) is 24.4 Å². The zero-order valence-corrected chi connectivity index (χ0v) is 15.8. The molecule has 8 heteroatoms. The fourth-order valence-corrected chi connectivity index (χ4v) is 3.63. The average Bonchev–Trinajstić information content (AvgIpc) is 2.92. The van der Waals surface area contributed by atoms with Gasteiger partial charge in [-0.3, -0.25) is 0 Å². The van der Waals surface area contributed by atoms with Gasteiger partial charge >= 0.3 is 0 Å². The van der Waals surface area contributed by atoms with E-state index in [4.69, 9.17) is 21.1 Å². The Morgan fingerprint density at radius 2 is 1.81 bits per heavy atom. The van der Waals surface area contributed by atoms with E-state index < -0.39 is 35.3 Å². The molecule has 0 amide bonds. The van der Waals surface area contributed by atoms with Crippen LogP contribution in [-0.4, -0.2) is 60.7 Å². The molecule has 0 aliphatic carbocycles. The van der Waals surface area contributed by atoms with E-state index in [9.17, 15) is 20.4 Å². The Balaban J connectivity index is 2.06. The number of nitrogens with one attached hydrogen (secondary N) is 1. The van der Waals surface area contributed by atoms with E-state index in [1.54, 1.807) is 24.4 Å². The maximum Gasteiger partial charge on any atom is 0.239 e. The lowest BCUT2D eigenvalue weighted by Crippen LogP contribution is -2.82. The second kappa shape index (κ2) is 5.82. The number of hydrogen-bond acceptors (Lipinski definition) is 6. The highest BCUT2D eigenvalue weighted by atomic mass is 35.5. The SMILES string of the molecule is CC1(O)C(C)(O)[C@@](C)(O)C(CO)O[C@@]1(C)Oc1c[nH]c2cc(Cl)ccc12. The monoisotopic (exact) mass is 385 g/mol. The number of fused-ring (bicyclic) bond motifs is 1. The predicted octanol–water partition coefficient (Wildman–Crippen LogP) is 1.56. The number of ether oxygens (including phenoxy) is 2. The molecular weight excluding hydrogens is 362 g/mol. The summed E-state index contributed by atoms with van der Waals surface area (Å²) in [5, 5.41) is 43.6. The third-order valence-corrected chi connectivity index (χ3v) is 6.12. The standard InChI is InChI=1S/C18H24ClNO6/c1-15(22)14(9-21)26-18(4,17(3,24)16(15,2)23)25-13-8-20-12-7-10(19)5-6-11(12)13/h5-8,14,20-24H,9H2,1-4H3/t14?,15-,16?,17?,18+/m0/s1. The molecule has 1 aromatic heterocycles. The van der Waals surface area contributed by atoms with Crippen molar-refractivity contribution in [3.05, 3.63) is 29.4 Å². The molecule has 1 saturated heterocycles. The fourth-order valence-electron chi connectivity index (χ4n) is 3.45. The summed E-state index contributed by atoms with van der Waals surface area (Å²) in [4.78, 5) is 3.02. The number of aliphatic hydroxyl groups is 4. The van der Waals surface area contributed by atoms with Crippen molar-refractivity contribution in [3.63, 3.8) is 0 Å². The molecule has 1 fully saturated rings. The minimum absolute atomic E-state index is 0.369. The maximum absolute atomic E-state index is 11.1. The number of hydrogen-bond donors (Lipinski definition) is 5. The molecule has 26 heavy (non-hydrogen) atoms. The van der Waals surface area contributed by atoms with Gasteiger partial charge in [0.1, 0.15) is 23.1 Å². The molecule has 2 heterocycles. The van der Waals surface area contributed by atoms with Gasteiger partial charge in [0.2, 0.25) is 5.79 Å². The topological polar surface area (TPSA) is 115 Å². The number of H-pyrrole nitrogens is 1. The molecule has 5 N–H and O–H groups in total. The lowest BCUT2D eigenvalue weighted by molar-refractivity contribution is -0.415. The van der Waals surface area contributed by atoms with Crippen molar-refractivity contribution in [1.82, 2.24) is 4.98 Å². The van der Waals surface area contributed by atoms with Crippen LogP contribution >= 0.6 is 11.6 Å². The van der Waals surface area contributed by atoms with Gasteiger partial charge in [-0.15, -0.1) is 0 Å². The number of rotatable bonds is 3. The maximum atomic E-state index is 11.1. The van der Waals surface area contributed by atoms with Gasteiger partial charge < -0.3 is 34.9 Å². The molecule has 5 atom stereocenters. The summed E-state index contributed by atoms with van der Waals surface area (Å²) in [6, 6.07) is 5.18. The van der Waals surface area contributed by atoms with Crippen LogP contribution in [0.2, 0.25) is 5.02 Å². The second-order valence-corrected chi connectivity index (χ2v) is 7.91. The van der Waals surface area contributed by atoms with E-state index in [2.05, 4.69) is 4.98 Å². The Kier molecular flexibility index (Phi) is 4.35. The highest BCUT2D eigenvalue weighted by Crippen LogP contribution is 2.50. The third kappa shape index (κ3) is 2.46. The number of aliphatic hydroxyl groups excluding tert-OH is 1. The third-order valence-electron chi connectivity index (χ3n) is 5.89. The van der Waals surface area contributed by atoms with Gasteiger partial charge in [0, 0.05) is 23.5 Å². The Bertz CT molecular complexity index is 830. The summed E-state index contributed by atoms with van der Waals surface area (Å²) in [6.45, 7) is 4.79. The van der Waals surface area contributed by atoms with Gasteiger partial charge in [0.05, 0.1) is 12.1 Å². The van der Waals surface area contributed by atoms with Crippen molar-refractivity contribution < 1.29 is 29.9 Å². The highest BCUT2D eigenvalue weighted by molar-refractivity contribution is 6.31. The quantitative estimate of drug-likeness (QED) is 0.547. The number of halogens is 1. The van der Waals surface area contributed by atoms with Gasteiger partial charge in [-0.05, 0) is 39.0 Å². The summed E-state index contributed by atoms with van der Waals surface area (Å²) >= 11 is 5.99. The first-order valence-electron chi connectivity index (χ1n) is 8.29. The van der Waals surface area contributed by atoms with E-state index in [-0.39, 0.29) is 0 Å². The number of benzene rings is 1. The van der Waals surface area contributed by atoms with Crippen LogP contribution in [0, 0.1) is 0 Å². The van der Waals surface area contributed by atoms with E-state index >= 15 is 0 Å². The molecule has 0 radical (unpaired) electrons. The Morgan fingerprint density at radius 1 is 1.15 bits per heavy atom. The van der Waals surface area contributed by atoms with Crippen LogP contribution < -0.4 is 4.74 Å². The van der Waals surface area contributed by atoms with Crippen LogP contribution in [0.1, 0.15) is 27.7 Å². The smallest absolute Gasteiger partial charge is 0.239 e. The van der Waals surface area contributed by atoms with Gasteiger partial charge in [-0.2, -0.15) is 0 Å². The molecule has 3 unspecified atom stereocenters. The number of aromatic amines is 1. The number of aromatic nitrogens is 1. The molecule has 7 nitrogen and oxygen atoms in total. The van der Waals surface area contributed by atoms with E-state index in [1.165, 1.54) is 27.7 Å². The molecule has 1 aliphatic heterocycles. The largest absolute Gasteiger partial charge is 0.457 e. The molecule has 0 bridgehead atoms. The predicted molar refractivity (Wildman–Crippen MR) is 96.2 cm³/mol. The summed E-state index contributed by atoms with van der Waals surface area (Å²) in [5.41, 5.74) is -5.26. The molecule has 144 valence electrons. The summed E-state index contributed by atoms with van der Waals surface area (Å²) in [5.74, 6) is -1.39. The van der Waals surface area contributed by atoms with Crippen molar-refractivity contribution in [2.75, 3.05) is 6.61 Å². The van der Waals surface area contributed by atoms with Crippen molar-refractivity contribution in [1.29, 1.82) is 0 Å². The van der Waals surface area contributed by atoms with Gasteiger partial charge in [0.15, 0.2) is 5.60 Å². The van der Waals surface area contributed by atoms with Crippen molar-refractivity contribution in [2.24, 2.45) is 0 Å². The minimum atomic E-state index is -2.05. The zero-order valence-electron chi connectivity index (χ0n) is 15.1. The Labute approximate surface area is 156 Å². The molecule has 0 spiro atoms.